The Labute approximate surface area is 190 Å². The van der Waals surface area contributed by atoms with Gasteiger partial charge in [-0.2, -0.15) is 0 Å². The Kier molecular flexibility index (Phi) is 6.42. The molecule has 2 N–H and O–H groups in total. The zero-order valence-electron chi connectivity index (χ0n) is 19.2. The number of nitrogens with one attached hydrogen (secondary N) is 2. The molecule has 5 rings (SSSR count). The normalized spacial score (nSPS) is 19.0. The lowest BCUT2D eigenvalue weighted by Crippen LogP contribution is -2.47. The minimum Gasteiger partial charge on any atom is -0.357 e. The fraction of sp³-hybridized carbons (Fsp3) is 0.538. The molecule has 6 heteroatoms. The molecule has 4 heterocycles. The second-order valence-electron chi connectivity index (χ2n) is 9.53. The predicted octanol–water partition coefficient (Wildman–Crippen LogP) is 4.09. The summed E-state index contributed by atoms with van der Waals surface area (Å²) in [6.45, 7) is 8.76. The molecule has 2 aromatic heterocycles. The Balaban J connectivity index is 1.10. The number of carbonyl (C=O) groups excluding carboxylic acids is 1. The minimum atomic E-state index is -0.0780. The number of hydrogen-bond acceptors (Lipinski definition) is 4. The van der Waals surface area contributed by atoms with Crippen molar-refractivity contribution in [1.82, 2.24) is 25.1 Å². The molecule has 0 radical (unpaired) electrons. The fourth-order valence-corrected chi connectivity index (χ4v) is 5.39. The van der Waals surface area contributed by atoms with Crippen molar-refractivity contribution in [3.05, 3.63) is 41.7 Å². The van der Waals surface area contributed by atoms with Crippen LogP contribution in [0.15, 0.2) is 30.3 Å². The zero-order valence-corrected chi connectivity index (χ0v) is 19.2. The van der Waals surface area contributed by atoms with E-state index in [4.69, 9.17) is 0 Å². The highest BCUT2D eigenvalue weighted by molar-refractivity contribution is 6.07. The maximum Gasteiger partial charge on any atom is 0.269 e. The Hall–Kier alpha value is -2.44. The van der Waals surface area contributed by atoms with Gasteiger partial charge >= 0.3 is 0 Å². The average molecular weight is 434 g/mol. The van der Waals surface area contributed by atoms with Crippen LogP contribution in [0.2, 0.25) is 0 Å². The summed E-state index contributed by atoms with van der Waals surface area (Å²) in [4.78, 5) is 26.0. The van der Waals surface area contributed by atoms with Crippen LogP contribution in [0.5, 0.6) is 0 Å². The summed E-state index contributed by atoms with van der Waals surface area (Å²) in [7, 11) is 0. The minimum absolute atomic E-state index is 0.0780. The van der Waals surface area contributed by atoms with Gasteiger partial charge in [-0.15, -0.1) is 0 Å². The van der Waals surface area contributed by atoms with Crippen molar-refractivity contribution in [1.29, 1.82) is 0 Å². The summed E-state index contributed by atoms with van der Waals surface area (Å²) in [5, 5.41) is 5.18. The molecule has 0 saturated carbocycles. The highest BCUT2D eigenvalue weighted by atomic mass is 16.1. The van der Waals surface area contributed by atoms with Gasteiger partial charge in [-0.1, -0.05) is 24.6 Å². The van der Waals surface area contributed by atoms with E-state index in [1.807, 2.05) is 19.1 Å². The first-order chi connectivity index (χ1) is 15.7. The summed E-state index contributed by atoms with van der Waals surface area (Å²) in [5.74, 6) is -0.0780. The van der Waals surface area contributed by atoms with Crippen LogP contribution in [-0.4, -0.2) is 71.0 Å². The molecule has 0 aliphatic carbocycles. The third-order valence-corrected chi connectivity index (χ3v) is 7.23. The molecule has 2 fully saturated rings. The van der Waals surface area contributed by atoms with Gasteiger partial charge in [0.25, 0.3) is 5.91 Å². The van der Waals surface area contributed by atoms with E-state index in [1.165, 1.54) is 58.3 Å². The Morgan fingerprint density at radius 2 is 1.81 bits per heavy atom. The van der Waals surface area contributed by atoms with Crippen molar-refractivity contribution in [3.8, 4) is 0 Å². The van der Waals surface area contributed by atoms with Gasteiger partial charge in [0, 0.05) is 29.1 Å². The first-order valence-electron chi connectivity index (χ1n) is 12.3. The molecule has 6 nitrogen and oxygen atoms in total. The summed E-state index contributed by atoms with van der Waals surface area (Å²) in [6, 6.07) is 10.9. The van der Waals surface area contributed by atoms with Crippen LogP contribution < -0.4 is 5.32 Å². The van der Waals surface area contributed by atoms with E-state index in [2.05, 4.69) is 43.3 Å². The molecular weight excluding hydrogens is 398 g/mol. The first kappa shape index (κ1) is 21.4. The molecule has 0 unspecified atom stereocenters. The number of H-pyrrole nitrogens is 1. The van der Waals surface area contributed by atoms with Crippen molar-refractivity contribution in [3.63, 3.8) is 0 Å². The van der Waals surface area contributed by atoms with E-state index in [0.29, 0.717) is 12.2 Å². The molecule has 0 bridgehead atoms. The number of aromatic amines is 1. The van der Waals surface area contributed by atoms with E-state index < -0.39 is 0 Å². The van der Waals surface area contributed by atoms with Crippen LogP contribution in [0.1, 0.15) is 54.7 Å². The number of aromatic nitrogens is 2. The third-order valence-electron chi connectivity index (χ3n) is 7.23. The molecule has 3 aromatic rings. The predicted molar refractivity (Wildman–Crippen MR) is 130 cm³/mol. The lowest BCUT2D eigenvalue weighted by molar-refractivity contribution is 0.0901. The van der Waals surface area contributed by atoms with E-state index in [-0.39, 0.29) is 5.91 Å². The molecule has 1 amide bonds. The molecule has 1 aromatic carbocycles. The number of piperidine rings is 2. The van der Waals surface area contributed by atoms with Gasteiger partial charge < -0.3 is 20.1 Å². The van der Waals surface area contributed by atoms with Gasteiger partial charge in [0.15, 0.2) is 0 Å². The molecule has 2 aliphatic heterocycles. The third kappa shape index (κ3) is 4.66. The van der Waals surface area contributed by atoms with Gasteiger partial charge in [0.05, 0.1) is 11.0 Å². The highest BCUT2D eigenvalue weighted by Crippen LogP contribution is 2.25. The van der Waals surface area contributed by atoms with E-state index >= 15 is 0 Å². The van der Waals surface area contributed by atoms with Crippen LogP contribution in [0.25, 0.3) is 21.8 Å². The molecule has 2 saturated heterocycles. The Morgan fingerprint density at radius 1 is 1.06 bits per heavy atom. The summed E-state index contributed by atoms with van der Waals surface area (Å²) >= 11 is 0. The quantitative estimate of drug-likeness (QED) is 0.575. The molecule has 0 atom stereocenters. The van der Waals surface area contributed by atoms with Gasteiger partial charge in [-0.3, -0.25) is 4.79 Å². The van der Waals surface area contributed by atoms with Crippen LogP contribution in [0, 0.1) is 6.92 Å². The maximum absolute atomic E-state index is 12.7. The number of benzene rings is 1. The molecular formula is C26H35N5O. The number of likely N-dealkylation sites (tertiary alicyclic amines) is 2. The number of carbonyl (C=O) groups is 1. The van der Waals surface area contributed by atoms with Crippen LogP contribution in [0.3, 0.4) is 0 Å². The van der Waals surface area contributed by atoms with Crippen molar-refractivity contribution < 1.29 is 4.79 Å². The Bertz CT molecular complexity index is 1080. The van der Waals surface area contributed by atoms with E-state index in [0.717, 1.165) is 46.5 Å². The van der Waals surface area contributed by atoms with Gasteiger partial charge in [0.2, 0.25) is 0 Å². The largest absolute Gasteiger partial charge is 0.357 e. The van der Waals surface area contributed by atoms with Crippen molar-refractivity contribution in [2.24, 2.45) is 0 Å². The van der Waals surface area contributed by atoms with Crippen molar-refractivity contribution >= 4 is 27.7 Å². The highest BCUT2D eigenvalue weighted by Gasteiger charge is 2.25. The average Bonchev–Trinajstić information content (AvgIpc) is 3.28. The standard InChI is InChI=1S/C26H35N5O/c1-19-6-7-20-8-9-21-18-23(29-25(21)24(20)28-19)26(32)27-12-5-13-30-16-10-22(11-17-30)31-14-3-2-4-15-31/h6-9,18,22,28H,2-5,10-17H2,1H3,(H,27,32). The number of fused-ring (bicyclic) bond motifs is 3. The number of nitrogens with zero attached hydrogens (tertiary/aromatic N) is 3. The van der Waals surface area contributed by atoms with E-state index in [9.17, 15) is 4.79 Å². The lowest BCUT2D eigenvalue weighted by Gasteiger charge is -2.40. The smallest absolute Gasteiger partial charge is 0.269 e. The Morgan fingerprint density at radius 3 is 2.62 bits per heavy atom. The number of amides is 1. The topological polar surface area (TPSA) is 64.3 Å². The van der Waals surface area contributed by atoms with Gasteiger partial charge in [-0.25, -0.2) is 4.98 Å². The van der Waals surface area contributed by atoms with Crippen LogP contribution in [0.4, 0.5) is 0 Å². The van der Waals surface area contributed by atoms with Crippen LogP contribution in [-0.2, 0) is 0 Å². The molecule has 32 heavy (non-hydrogen) atoms. The second kappa shape index (κ2) is 9.59. The molecule has 0 spiro atoms. The lowest BCUT2D eigenvalue weighted by atomic mass is 10.00. The van der Waals surface area contributed by atoms with Crippen molar-refractivity contribution in [2.45, 2.75) is 51.5 Å². The summed E-state index contributed by atoms with van der Waals surface area (Å²) < 4.78 is 0. The maximum atomic E-state index is 12.7. The number of pyridine rings is 1. The van der Waals surface area contributed by atoms with E-state index in [1.54, 1.807) is 0 Å². The number of hydrogen-bond donors (Lipinski definition) is 2. The van der Waals surface area contributed by atoms with Gasteiger partial charge in [0.1, 0.15) is 5.69 Å². The molecule has 2 aliphatic rings. The fourth-order valence-electron chi connectivity index (χ4n) is 5.39. The molecule has 170 valence electrons. The first-order valence-corrected chi connectivity index (χ1v) is 12.3. The summed E-state index contributed by atoms with van der Waals surface area (Å²) in [5.41, 5.74) is 3.45. The number of aryl methyl sites for hydroxylation is 1. The second-order valence-corrected chi connectivity index (χ2v) is 9.53. The number of rotatable bonds is 6. The zero-order chi connectivity index (χ0) is 21.9. The monoisotopic (exact) mass is 433 g/mol. The van der Waals surface area contributed by atoms with Crippen LogP contribution >= 0.6 is 0 Å². The SMILES string of the molecule is Cc1ccc2ccc3cc(C(=O)NCCCN4CCC(N5CCCCC5)CC4)nc3c2[nH]1. The summed E-state index contributed by atoms with van der Waals surface area (Å²) in [6.07, 6.45) is 7.73. The van der Waals surface area contributed by atoms with Gasteiger partial charge in [-0.05, 0) is 83.9 Å². The van der Waals surface area contributed by atoms with Crippen molar-refractivity contribution in [2.75, 3.05) is 39.3 Å².